The molecule has 0 spiro atoms. The third kappa shape index (κ3) is 5.77. The molecule has 1 aromatic heterocycles. The van der Waals surface area contributed by atoms with Gasteiger partial charge in [-0.1, -0.05) is 18.2 Å². The van der Waals surface area contributed by atoms with Crippen LogP contribution in [0.1, 0.15) is 29.5 Å². The maximum Gasteiger partial charge on any atom is 0.191 e. The molecule has 6 nitrogen and oxygen atoms in total. The Hall–Kier alpha value is -2.03. The van der Waals surface area contributed by atoms with Crippen LogP contribution in [-0.4, -0.2) is 50.3 Å². The van der Waals surface area contributed by atoms with Crippen LogP contribution in [0.3, 0.4) is 0 Å². The zero-order chi connectivity index (χ0) is 20.1. The molecule has 1 aromatic carbocycles. The van der Waals surface area contributed by atoms with Gasteiger partial charge in [0.1, 0.15) is 11.6 Å². The fourth-order valence-corrected chi connectivity index (χ4v) is 4.01. The third-order valence-corrected chi connectivity index (χ3v) is 5.74. The molecule has 0 saturated carbocycles. The molecule has 0 aliphatic carbocycles. The number of aliphatic imine (C=N–C) groups is 1. The van der Waals surface area contributed by atoms with Crippen LogP contribution in [0.4, 0.5) is 5.82 Å². The molecule has 0 radical (unpaired) electrons. The number of ether oxygens (including phenoxy) is 1. The Kier molecular flexibility index (Phi) is 8.18. The minimum atomic E-state index is 0. The predicted octanol–water partition coefficient (Wildman–Crippen LogP) is 3.32. The minimum absolute atomic E-state index is 0. The van der Waals surface area contributed by atoms with E-state index in [1.54, 1.807) is 0 Å². The lowest BCUT2D eigenvalue weighted by Gasteiger charge is -2.33. The van der Waals surface area contributed by atoms with Crippen molar-refractivity contribution < 1.29 is 4.74 Å². The van der Waals surface area contributed by atoms with Gasteiger partial charge in [0.05, 0.1) is 6.61 Å². The molecule has 0 atom stereocenters. The van der Waals surface area contributed by atoms with Crippen LogP contribution in [0.5, 0.6) is 5.75 Å². The van der Waals surface area contributed by atoms with Gasteiger partial charge in [-0.3, -0.25) is 4.99 Å². The van der Waals surface area contributed by atoms with Gasteiger partial charge in [0.15, 0.2) is 5.96 Å². The van der Waals surface area contributed by atoms with Crippen LogP contribution in [0.2, 0.25) is 0 Å². The fourth-order valence-electron chi connectivity index (χ4n) is 4.01. The molecule has 0 unspecified atom stereocenters. The molecule has 30 heavy (non-hydrogen) atoms. The van der Waals surface area contributed by atoms with E-state index in [0.717, 1.165) is 69.5 Å². The largest absolute Gasteiger partial charge is 0.493 e. The van der Waals surface area contributed by atoms with Crippen molar-refractivity contribution in [2.24, 2.45) is 4.99 Å². The number of aromatic nitrogens is 1. The van der Waals surface area contributed by atoms with Gasteiger partial charge < -0.3 is 20.3 Å². The number of anilines is 1. The first-order chi connectivity index (χ1) is 14.2. The van der Waals surface area contributed by atoms with Crippen LogP contribution < -0.4 is 20.3 Å². The number of rotatable bonds is 5. The van der Waals surface area contributed by atoms with E-state index >= 15 is 0 Å². The van der Waals surface area contributed by atoms with Crippen molar-refractivity contribution in [1.29, 1.82) is 0 Å². The molecule has 3 heterocycles. The van der Waals surface area contributed by atoms with Gasteiger partial charge >= 0.3 is 0 Å². The maximum absolute atomic E-state index is 5.59. The monoisotopic (exact) mass is 521 g/mol. The molecule has 2 aliphatic heterocycles. The Bertz CT molecular complexity index is 847. The highest BCUT2D eigenvalue weighted by Gasteiger charge is 2.20. The van der Waals surface area contributed by atoms with E-state index in [2.05, 4.69) is 62.8 Å². The summed E-state index contributed by atoms with van der Waals surface area (Å²) in [6, 6.07) is 11.2. The van der Waals surface area contributed by atoms with Crippen molar-refractivity contribution in [3.05, 3.63) is 53.2 Å². The van der Waals surface area contributed by atoms with E-state index < -0.39 is 0 Å². The third-order valence-electron chi connectivity index (χ3n) is 5.74. The Morgan fingerprint density at radius 2 is 2.07 bits per heavy atom. The van der Waals surface area contributed by atoms with Gasteiger partial charge in [-0.25, -0.2) is 4.98 Å². The first-order valence-corrected chi connectivity index (χ1v) is 10.6. The molecule has 0 bridgehead atoms. The van der Waals surface area contributed by atoms with Crippen LogP contribution in [-0.2, 0) is 12.8 Å². The molecular weight excluding hydrogens is 489 g/mol. The van der Waals surface area contributed by atoms with E-state index in [1.807, 2.05) is 13.2 Å². The second-order valence-electron chi connectivity index (χ2n) is 7.89. The summed E-state index contributed by atoms with van der Waals surface area (Å²) in [6.07, 6.45) is 6.11. The SMILES string of the molecule is CN=C(NCCc1ccc2c(c1)CCO2)NC1CCN(c2ccc(C)cn2)CC1.I. The van der Waals surface area contributed by atoms with E-state index in [4.69, 9.17) is 4.74 Å². The summed E-state index contributed by atoms with van der Waals surface area (Å²) in [6.45, 7) is 5.78. The molecule has 2 aliphatic rings. The molecular formula is C23H32IN5O. The molecule has 4 rings (SSSR count). The summed E-state index contributed by atoms with van der Waals surface area (Å²) in [5, 5.41) is 7.05. The smallest absolute Gasteiger partial charge is 0.191 e. The zero-order valence-corrected chi connectivity index (χ0v) is 20.2. The van der Waals surface area contributed by atoms with E-state index in [9.17, 15) is 0 Å². The summed E-state index contributed by atoms with van der Waals surface area (Å²) >= 11 is 0. The van der Waals surface area contributed by atoms with Crippen molar-refractivity contribution in [2.45, 2.75) is 38.6 Å². The van der Waals surface area contributed by atoms with Crippen molar-refractivity contribution in [2.75, 3.05) is 38.2 Å². The molecule has 0 amide bonds. The standard InChI is InChI=1S/C23H31N5O.HI/c1-17-3-6-22(26-16-17)28-12-8-20(9-13-28)27-23(24-2)25-11-7-18-4-5-21-19(15-18)10-14-29-21;/h3-6,15-16,20H,7-14H2,1-2H3,(H2,24,25,27);1H. The molecule has 7 heteroatoms. The van der Waals surface area contributed by atoms with Crippen LogP contribution >= 0.6 is 24.0 Å². The number of fused-ring (bicyclic) bond motifs is 1. The number of benzene rings is 1. The highest BCUT2D eigenvalue weighted by atomic mass is 127. The number of piperidine rings is 1. The highest BCUT2D eigenvalue weighted by molar-refractivity contribution is 14.0. The quantitative estimate of drug-likeness (QED) is 0.359. The van der Waals surface area contributed by atoms with Gasteiger partial charge in [0, 0.05) is 45.3 Å². The Balaban J connectivity index is 0.00000256. The Labute approximate surface area is 196 Å². The molecule has 162 valence electrons. The van der Waals surface area contributed by atoms with Crippen molar-refractivity contribution in [1.82, 2.24) is 15.6 Å². The number of guanidine groups is 1. The van der Waals surface area contributed by atoms with E-state index in [-0.39, 0.29) is 24.0 Å². The van der Waals surface area contributed by atoms with Gasteiger partial charge in [-0.2, -0.15) is 0 Å². The number of hydrogen-bond acceptors (Lipinski definition) is 4. The first-order valence-electron chi connectivity index (χ1n) is 10.6. The summed E-state index contributed by atoms with van der Waals surface area (Å²) in [5.41, 5.74) is 3.88. The average Bonchev–Trinajstić information content (AvgIpc) is 3.22. The van der Waals surface area contributed by atoms with Crippen molar-refractivity contribution in [3.8, 4) is 5.75 Å². The topological polar surface area (TPSA) is 61.8 Å². The lowest BCUT2D eigenvalue weighted by atomic mass is 10.1. The second kappa shape index (κ2) is 10.8. The summed E-state index contributed by atoms with van der Waals surface area (Å²) in [5.74, 6) is 3.02. The number of pyridine rings is 1. The summed E-state index contributed by atoms with van der Waals surface area (Å²) in [4.78, 5) is 11.3. The number of nitrogens with one attached hydrogen (secondary N) is 2. The number of hydrogen-bond donors (Lipinski definition) is 2. The molecule has 1 saturated heterocycles. The van der Waals surface area contributed by atoms with Crippen LogP contribution in [0, 0.1) is 6.92 Å². The normalized spacial score (nSPS) is 16.5. The fraction of sp³-hybridized carbons (Fsp3) is 0.478. The number of halogens is 1. The lowest BCUT2D eigenvalue weighted by molar-refractivity contribution is 0.357. The second-order valence-corrected chi connectivity index (χ2v) is 7.89. The average molecular weight is 521 g/mol. The lowest BCUT2D eigenvalue weighted by Crippen LogP contribution is -2.49. The summed E-state index contributed by atoms with van der Waals surface area (Å²) in [7, 11) is 1.84. The number of nitrogens with zero attached hydrogens (tertiary/aromatic N) is 3. The van der Waals surface area contributed by atoms with Gasteiger partial charge in [0.25, 0.3) is 0 Å². The molecule has 2 N–H and O–H groups in total. The minimum Gasteiger partial charge on any atom is -0.493 e. The summed E-state index contributed by atoms with van der Waals surface area (Å²) < 4.78 is 5.59. The Morgan fingerprint density at radius 3 is 2.80 bits per heavy atom. The first kappa shape index (κ1) is 22.7. The zero-order valence-electron chi connectivity index (χ0n) is 17.9. The molecule has 2 aromatic rings. The number of aryl methyl sites for hydroxylation is 1. The van der Waals surface area contributed by atoms with E-state index in [1.165, 1.54) is 16.7 Å². The predicted molar refractivity (Wildman–Crippen MR) is 133 cm³/mol. The van der Waals surface area contributed by atoms with E-state index in [0.29, 0.717) is 6.04 Å². The van der Waals surface area contributed by atoms with Crippen LogP contribution in [0.15, 0.2) is 41.5 Å². The van der Waals surface area contributed by atoms with Gasteiger partial charge in [0.2, 0.25) is 0 Å². The Morgan fingerprint density at radius 1 is 1.23 bits per heavy atom. The highest BCUT2D eigenvalue weighted by Crippen LogP contribution is 2.25. The maximum atomic E-state index is 5.59. The van der Waals surface area contributed by atoms with Gasteiger partial charge in [-0.15, -0.1) is 24.0 Å². The van der Waals surface area contributed by atoms with Gasteiger partial charge in [-0.05, 0) is 55.0 Å². The molecule has 1 fully saturated rings. The van der Waals surface area contributed by atoms with Crippen molar-refractivity contribution in [3.63, 3.8) is 0 Å². The van der Waals surface area contributed by atoms with Crippen LogP contribution in [0.25, 0.3) is 0 Å². The van der Waals surface area contributed by atoms with Crippen molar-refractivity contribution >= 4 is 35.8 Å².